The van der Waals surface area contributed by atoms with E-state index in [2.05, 4.69) is 17.6 Å². The molecule has 0 aliphatic carbocycles. The van der Waals surface area contributed by atoms with Crippen LogP contribution in [0.15, 0.2) is 0 Å². The third-order valence-corrected chi connectivity index (χ3v) is 0.287. The van der Waals surface area contributed by atoms with Crippen LogP contribution in [0.1, 0.15) is 6.92 Å². The molecule has 3 radical (unpaired) electrons. The van der Waals surface area contributed by atoms with Gasteiger partial charge in [-0.05, 0) is 6.92 Å². The van der Waals surface area contributed by atoms with Gasteiger partial charge in [0, 0.05) is 0 Å². The monoisotopic (exact) mass is 120 g/mol. The summed E-state index contributed by atoms with van der Waals surface area (Å²) in [6.07, 6.45) is -0.711. The molecule has 47 valence electrons. The minimum absolute atomic E-state index is 0.356. The third kappa shape index (κ3) is 19.0. The fourth-order valence-electron chi connectivity index (χ4n) is 0.142. The average molecular weight is 120 g/mol. The lowest BCUT2D eigenvalue weighted by Gasteiger charge is -1.89. The van der Waals surface area contributed by atoms with Crippen molar-refractivity contribution in [3.63, 3.8) is 0 Å². The highest BCUT2D eigenvalue weighted by Crippen LogP contribution is 1.66. The summed E-state index contributed by atoms with van der Waals surface area (Å²) in [5, 5.41) is 0. The zero-order chi connectivity index (χ0) is 6.99. The maximum atomic E-state index is 9.60. The molecule has 0 aromatic carbocycles. The second-order valence-corrected chi connectivity index (χ2v) is 0.752. The fraction of sp³-hybridized carbons (Fsp3) is 0.500. The smallest absolute Gasteiger partial charge is 0.404 e. The van der Waals surface area contributed by atoms with Crippen molar-refractivity contribution in [2.75, 3.05) is 6.61 Å². The Kier molecular flexibility index (Phi) is 12.2. The Balaban J connectivity index is 0. The lowest BCUT2D eigenvalue weighted by atomic mass is 10.9. The first-order valence-corrected chi connectivity index (χ1v) is 1.88. The molecule has 0 unspecified atom stereocenters. The standard InChI is InChI=1S/C3H7NO2.CF/c1-2-6-3(4)5;1-2/h2H2,1H3,(H2,4,5);. The summed E-state index contributed by atoms with van der Waals surface area (Å²) in [5.74, 6) is 0. The van der Waals surface area contributed by atoms with Gasteiger partial charge in [0.1, 0.15) is 0 Å². The van der Waals surface area contributed by atoms with E-state index in [-0.39, 0.29) is 0 Å². The van der Waals surface area contributed by atoms with E-state index in [1.165, 1.54) is 0 Å². The summed E-state index contributed by atoms with van der Waals surface area (Å²) in [6.45, 7) is 2.06. The summed E-state index contributed by atoms with van der Waals surface area (Å²) >= 11 is 0. The molecule has 8 heavy (non-hydrogen) atoms. The molecule has 3 nitrogen and oxygen atoms in total. The van der Waals surface area contributed by atoms with Crippen molar-refractivity contribution in [2.45, 2.75) is 6.92 Å². The molecular weight excluding hydrogens is 113 g/mol. The molecule has 0 fully saturated rings. The Labute approximate surface area is 47.6 Å². The first-order chi connectivity index (χ1) is 3.77. The van der Waals surface area contributed by atoms with Gasteiger partial charge < -0.3 is 10.5 Å². The Morgan fingerprint density at radius 2 is 2.25 bits per heavy atom. The Bertz CT molecular complexity index is 58.0. The summed E-state index contributed by atoms with van der Waals surface area (Å²) < 4.78 is 12.9. The number of halogens is 1. The normalized spacial score (nSPS) is 6.38. The van der Waals surface area contributed by atoms with E-state index in [4.69, 9.17) is 4.39 Å². The first-order valence-electron chi connectivity index (χ1n) is 1.88. The minimum atomic E-state index is -0.711. The van der Waals surface area contributed by atoms with Crippen LogP contribution in [-0.4, -0.2) is 12.7 Å². The third-order valence-electron chi connectivity index (χ3n) is 0.287. The molecule has 0 aromatic rings. The SMILES string of the molecule is CCOC(N)=O.[C]F. The molecule has 1 amide bonds. The first kappa shape index (κ1) is 10.2. The molecule has 0 heterocycles. The molecule has 0 atom stereocenters. The number of ether oxygens (including phenoxy) is 1. The van der Waals surface area contributed by atoms with Gasteiger partial charge in [0.25, 0.3) is 0 Å². The van der Waals surface area contributed by atoms with Crippen molar-refractivity contribution < 1.29 is 13.9 Å². The number of carbonyl (C=O) groups excluding carboxylic acids is 1. The predicted octanol–water partition coefficient (Wildman–Crippen LogP) is 0.603. The maximum absolute atomic E-state index is 9.60. The number of carbonyl (C=O) groups is 1. The Morgan fingerprint density at radius 3 is 2.25 bits per heavy atom. The Morgan fingerprint density at radius 1 is 1.88 bits per heavy atom. The van der Waals surface area contributed by atoms with Crippen LogP contribution in [-0.2, 0) is 4.74 Å². The van der Waals surface area contributed by atoms with E-state index in [0.717, 1.165) is 0 Å². The van der Waals surface area contributed by atoms with Crippen molar-refractivity contribution in [1.82, 2.24) is 0 Å². The van der Waals surface area contributed by atoms with Gasteiger partial charge in [0.15, 0.2) is 0 Å². The van der Waals surface area contributed by atoms with Crippen LogP contribution in [0.3, 0.4) is 0 Å². The van der Waals surface area contributed by atoms with Crippen LogP contribution in [0.25, 0.3) is 0 Å². The summed E-state index contributed by atoms with van der Waals surface area (Å²) in [6, 6.07) is 0. The highest BCUT2D eigenvalue weighted by atomic mass is 19.1. The molecule has 0 bridgehead atoms. The van der Waals surface area contributed by atoms with Crippen LogP contribution >= 0.6 is 0 Å². The molecule has 0 aliphatic rings. The largest absolute Gasteiger partial charge is 0.450 e. The maximum Gasteiger partial charge on any atom is 0.404 e. The van der Waals surface area contributed by atoms with E-state index in [0.29, 0.717) is 6.61 Å². The second-order valence-electron chi connectivity index (χ2n) is 0.752. The zero-order valence-electron chi connectivity index (χ0n) is 4.48. The molecule has 0 aromatic heterocycles. The van der Waals surface area contributed by atoms with Gasteiger partial charge in [-0.25, -0.2) is 9.18 Å². The number of primary amides is 1. The fourth-order valence-corrected chi connectivity index (χ4v) is 0.142. The summed E-state index contributed by atoms with van der Waals surface area (Å²) in [4.78, 5) is 9.60. The number of rotatable bonds is 1. The van der Waals surface area contributed by atoms with Crippen LogP contribution in [0.4, 0.5) is 9.18 Å². The number of nitrogens with two attached hydrogens (primary N) is 1. The number of hydrogen-bond acceptors (Lipinski definition) is 2. The van der Waals surface area contributed by atoms with Gasteiger partial charge in [-0.2, -0.15) is 0 Å². The molecule has 4 heteroatoms. The van der Waals surface area contributed by atoms with Gasteiger partial charge in [0.2, 0.25) is 7.18 Å². The topological polar surface area (TPSA) is 52.3 Å². The second kappa shape index (κ2) is 9.50. The minimum Gasteiger partial charge on any atom is -0.450 e. The van der Waals surface area contributed by atoms with Gasteiger partial charge in [0.05, 0.1) is 6.61 Å². The summed E-state index contributed by atoms with van der Waals surface area (Å²) in [5.41, 5.74) is 4.54. The van der Waals surface area contributed by atoms with Gasteiger partial charge in [-0.1, -0.05) is 0 Å². The summed E-state index contributed by atoms with van der Waals surface area (Å²) in [7, 11) is 4.25. The average Bonchev–Trinajstić information content (AvgIpc) is 1.72. The van der Waals surface area contributed by atoms with E-state index < -0.39 is 6.09 Å². The van der Waals surface area contributed by atoms with Crippen molar-refractivity contribution >= 4 is 6.09 Å². The highest BCUT2D eigenvalue weighted by Gasteiger charge is 1.82. The van der Waals surface area contributed by atoms with Crippen molar-refractivity contribution in [1.29, 1.82) is 0 Å². The molecule has 2 N–H and O–H groups in total. The molecule has 0 saturated carbocycles. The van der Waals surface area contributed by atoms with Gasteiger partial charge in [-0.15, -0.1) is 0 Å². The van der Waals surface area contributed by atoms with Crippen LogP contribution in [0.2, 0.25) is 0 Å². The van der Waals surface area contributed by atoms with E-state index in [1.54, 1.807) is 6.92 Å². The molecule has 0 spiro atoms. The van der Waals surface area contributed by atoms with Crippen molar-refractivity contribution in [3.05, 3.63) is 7.18 Å². The predicted molar refractivity (Wildman–Crippen MR) is 25.6 cm³/mol. The zero-order valence-corrected chi connectivity index (χ0v) is 4.48. The molecule has 0 saturated heterocycles. The number of hydrogen-bond donors (Lipinski definition) is 1. The van der Waals surface area contributed by atoms with Crippen LogP contribution in [0.5, 0.6) is 0 Å². The lowest BCUT2D eigenvalue weighted by Crippen LogP contribution is -2.11. The molecular formula is C4H7FNO2. The highest BCUT2D eigenvalue weighted by molar-refractivity contribution is 5.64. The van der Waals surface area contributed by atoms with Crippen LogP contribution in [0, 0.1) is 7.18 Å². The Hall–Kier alpha value is -0.800. The molecule has 0 aliphatic heterocycles. The van der Waals surface area contributed by atoms with Crippen molar-refractivity contribution in [2.24, 2.45) is 5.73 Å². The van der Waals surface area contributed by atoms with E-state index in [9.17, 15) is 4.79 Å². The molecule has 0 rings (SSSR count). The van der Waals surface area contributed by atoms with Gasteiger partial charge >= 0.3 is 6.09 Å². The van der Waals surface area contributed by atoms with Crippen molar-refractivity contribution in [3.8, 4) is 0 Å². The van der Waals surface area contributed by atoms with E-state index >= 15 is 0 Å². The van der Waals surface area contributed by atoms with Crippen LogP contribution < -0.4 is 5.73 Å². The number of amides is 1. The lowest BCUT2D eigenvalue weighted by molar-refractivity contribution is 0.163. The quantitative estimate of drug-likeness (QED) is 0.551. The van der Waals surface area contributed by atoms with Gasteiger partial charge in [-0.3, -0.25) is 0 Å². The van der Waals surface area contributed by atoms with E-state index in [1.807, 2.05) is 0 Å².